The second-order valence-corrected chi connectivity index (χ2v) is 8.30. The summed E-state index contributed by atoms with van der Waals surface area (Å²) in [6.45, 7) is 10.4. The standard InChI is InChI=1S/C21H32N4O2/c1-3-27-12-11-23(2)20(26)22-19-17-13-24-9-10-25(14-17)16-21(19,15-24)18-7-5-4-6-8-18/h4-8,17,19H,3,9-16H2,1-2H3,(H,22,26)/t17?,19-,21?/m1/s1. The Bertz CT molecular complexity index is 637. The second-order valence-electron chi connectivity index (χ2n) is 8.30. The second kappa shape index (κ2) is 7.78. The van der Waals surface area contributed by atoms with Crippen LogP contribution in [0.3, 0.4) is 0 Å². The molecule has 1 aromatic rings. The molecule has 2 unspecified atom stereocenters. The van der Waals surface area contributed by atoms with Crippen LogP contribution in [0.1, 0.15) is 12.5 Å². The van der Waals surface area contributed by atoms with E-state index in [-0.39, 0.29) is 17.5 Å². The number of carbonyl (C=O) groups excluding carboxylic acids is 1. The third-order valence-corrected chi connectivity index (χ3v) is 6.55. The van der Waals surface area contributed by atoms with Crippen molar-refractivity contribution in [3.8, 4) is 0 Å². The van der Waals surface area contributed by atoms with Crippen LogP contribution in [0.15, 0.2) is 30.3 Å². The molecule has 4 heterocycles. The number of likely N-dealkylation sites (N-methyl/N-ethyl adjacent to an activating group) is 1. The van der Waals surface area contributed by atoms with Gasteiger partial charge in [0.2, 0.25) is 0 Å². The summed E-state index contributed by atoms with van der Waals surface area (Å²) in [6, 6.07) is 11.0. The van der Waals surface area contributed by atoms with Gasteiger partial charge in [0, 0.05) is 76.8 Å². The van der Waals surface area contributed by atoms with Gasteiger partial charge in [-0.25, -0.2) is 4.79 Å². The van der Waals surface area contributed by atoms with Crippen LogP contribution in [0.4, 0.5) is 4.79 Å². The Morgan fingerprint density at radius 2 is 1.89 bits per heavy atom. The van der Waals surface area contributed by atoms with Crippen LogP contribution in [0.25, 0.3) is 0 Å². The van der Waals surface area contributed by atoms with Gasteiger partial charge in [0.05, 0.1) is 6.61 Å². The number of benzene rings is 1. The minimum atomic E-state index is -0.0324. The lowest BCUT2D eigenvalue weighted by molar-refractivity contribution is 0.0206. The number of ether oxygens (including phenoxy) is 1. The van der Waals surface area contributed by atoms with Crippen molar-refractivity contribution < 1.29 is 9.53 Å². The highest BCUT2D eigenvalue weighted by Gasteiger charge is 2.55. The van der Waals surface area contributed by atoms with E-state index in [9.17, 15) is 4.79 Å². The molecule has 0 radical (unpaired) electrons. The lowest BCUT2D eigenvalue weighted by Crippen LogP contribution is -2.71. The highest BCUT2D eigenvalue weighted by molar-refractivity contribution is 5.74. The minimum Gasteiger partial charge on any atom is -0.380 e. The molecule has 0 aliphatic carbocycles. The van der Waals surface area contributed by atoms with Crippen LogP contribution in [0.2, 0.25) is 0 Å². The molecule has 6 nitrogen and oxygen atoms in total. The maximum Gasteiger partial charge on any atom is 0.317 e. The van der Waals surface area contributed by atoms with Crippen molar-refractivity contribution in [3.63, 3.8) is 0 Å². The molecule has 4 fully saturated rings. The number of carbonyl (C=O) groups is 1. The Morgan fingerprint density at radius 1 is 1.22 bits per heavy atom. The average molecular weight is 373 g/mol. The number of nitrogens with one attached hydrogen (secondary N) is 1. The van der Waals surface area contributed by atoms with Gasteiger partial charge < -0.3 is 24.8 Å². The molecule has 4 bridgehead atoms. The molecular weight excluding hydrogens is 340 g/mol. The van der Waals surface area contributed by atoms with Gasteiger partial charge in [-0.2, -0.15) is 0 Å². The van der Waals surface area contributed by atoms with Crippen molar-refractivity contribution in [2.45, 2.75) is 18.4 Å². The monoisotopic (exact) mass is 372 g/mol. The van der Waals surface area contributed by atoms with Gasteiger partial charge >= 0.3 is 6.03 Å². The van der Waals surface area contributed by atoms with Gasteiger partial charge in [0.25, 0.3) is 0 Å². The third-order valence-electron chi connectivity index (χ3n) is 6.55. The van der Waals surface area contributed by atoms with E-state index in [0.29, 0.717) is 25.7 Å². The first-order valence-electron chi connectivity index (χ1n) is 10.2. The SMILES string of the molecule is CCOCCN(C)C(=O)N[C@@H]1C2CN3CCN(C2)CC1(c1ccccc1)C3. The summed E-state index contributed by atoms with van der Waals surface area (Å²) >= 11 is 0. The summed E-state index contributed by atoms with van der Waals surface area (Å²) in [4.78, 5) is 19.9. The van der Waals surface area contributed by atoms with E-state index in [1.165, 1.54) is 5.56 Å². The van der Waals surface area contributed by atoms with E-state index in [1.807, 2.05) is 14.0 Å². The van der Waals surface area contributed by atoms with E-state index in [2.05, 4.69) is 45.4 Å². The first kappa shape index (κ1) is 18.7. The fourth-order valence-corrected chi connectivity index (χ4v) is 5.26. The summed E-state index contributed by atoms with van der Waals surface area (Å²) < 4.78 is 5.41. The van der Waals surface area contributed by atoms with Crippen LogP contribution in [0.5, 0.6) is 0 Å². The van der Waals surface area contributed by atoms with Gasteiger partial charge in [0.15, 0.2) is 0 Å². The van der Waals surface area contributed by atoms with Crippen LogP contribution in [-0.2, 0) is 10.2 Å². The Labute approximate surface area is 162 Å². The number of rotatable bonds is 6. The summed E-state index contributed by atoms with van der Waals surface area (Å²) in [6.07, 6.45) is 0. The van der Waals surface area contributed by atoms with Crippen molar-refractivity contribution in [2.75, 3.05) is 66.1 Å². The molecule has 0 aromatic heterocycles. The van der Waals surface area contributed by atoms with Gasteiger partial charge in [-0.05, 0) is 12.5 Å². The van der Waals surface area contributed by atoms with Crippen LogP contribution in [0, 0.1) is 5.92 Å². The average Bonchev–Trinajstić information content (AvgIpc) is 2.93. The van der Waals surface area contributed by atoms with Crippen LogP contribution < -0.4 is 5.32 Å². The number of fused-ring (bicyclic) bond motifs is 1. The molecule has 5 rings (SSSR count). The quantitative estimate of drug-likeness (QED) is 0.763. The fraction of sp³-hybridized carbons (Fsp3) is 0.667. The number of piperidine rings is 2. The van der Waals surface area contributed by atoms with E-state index < -0.39 is 0 Å². The molecule has 148 valence electrons. The van der Waals surface area contributed by atoms with Crippen molar-refractivity contribution in [3.05, 3.63) is 35.9 Å². The van der Waals surface area contributed by atoms with Crippen molar-refractivity contribution >= 4 is 6.03 Å². The summed E-state index contributed by atoms with van der Waals surface area (Å²) in [5.74, 6) is 0.472. The highest BCUT2D eigenvalue weighted by atomic mass is 16.5. The molecule has 0 spiro atoms. The topological polar surface area (TPSA) is 48.1 Å². The maximum atomic E-state index is 12.9. The minimum absolute atomic E-state index is 0.0196. The molecular formula is C21H32N4O2. The number of urea groups is 1. The lowest BCUT2D eigenvalue weighted by atomic mass is 9.64. The predicted octanol–water partition coefficient (Wildman–Crippen LogP) is 1.23. The van der Waals surface area contributed by atoms with Crippen LogP contribution >= 0.6 is 0 Å². The zero-order valence-electron chi connectivity index (χ0n) is 16.6. The highest BCUT2D eigenvalue weighted by Crippen LogP contribution is 2.43. The molecule has 4 aliphatic heterocycles. The van der Waals surface area contributed by atoms with E-state index in [1.54, 1.807) is 4.90 Å². The Balaban J connectivity index is 1.58. The van der Waals surface area contributed by atoms with Gasteiger partial charge in [0.1, 0.15) is 0 Å². The lowest BCUT2D eigenvalue weighted by Gasteiger charge is -2.56. The van der Waals surface area contributed by atoms with E-state index in [4.69, 9.17) is 4.74 Å². The first-order valence-corrected chi connectivity index (χ1v) is 10.2. The molecule has 1 N–H and O–H groups in total. The molecule has 27 heavy (non-hydrogen) atoms. The molecule has 6 heteroatoms. The Morgan fingerprint density at radius 3 is 2.52 bits per heavy atom. The number of nitrogens with zero attached hydrogens (tertiary/aromatic N) is 3. The van der Waals surface area contributed by atoms with E-state index in [0.717, 1.165) is 39.3 Å². The number of amides is 2. The summed E-state index contributed by atoms with van der Waals surface area (Å²) in [5.41, 5.74) is 1.32. The van der Waals surface area contributed by atoms with Crippen molar-refractivity contribution in [2.24, 2.45) is 5.92 Å². The molecule has 0 saturated carbocycles. The zero-order valence-corrected chi connectivity index (χ0v) is 16.6. The molecule has 4 saturated heterocycles. The Hall–Kier alpha value is -1.63. The predicted molar refractivity (Wildman–Crippen MR) is 106 cm³/mol. The van der Waals surface area contributed by atoms with Crippen molar-refractivity contribution in [1.82, 2.24) is 20.0 Å². The van der Waals surface area contributed by atoms with Gasteiger partial charge in [-0.1, -0.05) is 30.3 Å². The normalized spacial score (nSPS) is 34.3. The maximum absolute atomic E-state index is 12.9. The smallest absolute Gasteiger partial charge is 0.317 e. The summed E-state index contributed by atoms with van der Waals surface area (Å²) in [7, 11) is 1.86. The first-order chi connectivity index (χ1) is 13.1. The molecule has 2 amide bonds. The van der Waals surface area contributed by atoms with Crippen LogP contribution in [-0.4, -0.2) is 92.8 Å². The molecule has 3 atom stereocenters. The van der Waals surface area contributed by atoms with E-state index >= 15 is 0 Å². The van der Waals surface area contributed by atoms with Crippen molar-refractivity contribution in [1.29, 1.82) is 0 Å². The third kappa shape index (κ3) is 3.58. The Kier molecular flexibility index (Phi) is 5.39. The number of hydrogen-bond acceptors (Lipinski definition) is 4. The molecule has 1 aromatic carbocycles. The summed E-state index contributed by atoms with van der Waals surface area (Å²) in [5, 5.41) is 3.43. The fourth-order valence-electron chi connectivity index (χ4n) is 5.26. The largest absolute Gasteiger partial charge is 0.380 e. The zero-order chi connectivity index (χ0) is 18.9. The van der Waals surface area contributed by atoms with Gasteiger partial charge in [-0.15, -0.1) is 0 Å². The van der Waals surface area contributed by atoms with Gasteiger partial charge in [-0.3, -0.25) is 0 Å². The molecule has 4 aliphatic rings. The number of hydrogen-bond donors (Lipinski definition) is 1.